The lowest BCUT2D eigenvalue weighted by Crippen LogP contribution is -2.17. The van der Waals surface area contributed by atoms with E-state index in [0.29, 0.717) is 12.8 Å². The number of anilines is 1. The molecule has 0 spiro atoms. The lowest BCUT2D eigenvalue weighted by atomic mass is 10.3. The molecule has 106 valence electrons. The number of ether oxygens (including phenoxy) is 1. The quantitative estimate of drug-likeness (QED) is 0.829. The maximum Gasteiger partial charge on any atom is 0.264 e. The second-order valence-corrected chi connectivity index (χ2v) is 8.65. The minimum Gasteiger partial charge on any atom is -0.495 e. The van der Waals surface area contributed by atoms with Gasteiger partial charge in [0, 0.05) is 16.7 Å². The number of sulfonamides is 1. The Morgan fingerprint density at radius 2 is 1.89 bits per heavy atom. The van der Waals surface area contributed by atoms with Crippen LogP contribution in [0.5, 0.6) is 5.75 Å². The molecule has 0 saturated heterocycles. The smallest absolute Gasteiger partial charge is 0.264 e. The fourth-order valence-corrected chi connectivity index (χ4v) is 3.93. The second-order valence-electron chi connectivity index (χ2n) is 4.15. The molecular weight excluding hydrogens is 314 g/mol. The van der Waals surface area contributed by atoms with Gasteiger partial charge in [0.2, 0.25) is 10.0 Å². The lowest BCUT2D eigenvalue weighted by molar-refractivity contribution is 0.403. The first-order valence-corrected chi connectivity index (χ1v) is 9.24. The van der Waals surface area contributed by atoms with E-state index in [-0.39, 0.29) is 21.6 Å². The van der Waals surface area contributed by atoms with Crippen LogP contribution in [0.1, 0.15) is 12.8 Å². The molecule has 0 radical (unpaired) electrons. The van der Waals surface area contributed by atoms with Gasteiger partial charge in [0.15, 0.2) is 0 Å². The Labute approximate surface area is 116 Å². The van der Waals surface area contributed by atoms with Crippen molar-refractivity contribution in [2.75, 3.05) is 11.8 Å². The van der Waals surface area contributed by atoms with Crippen LogP contribution in [-0.2, 0) is 19.1 Å². The molecule has 2 rings (SSSR count). The Kier molecular flexibility index (Phi) is 3.67. The Morgan fingerprint density at radius 1 is 1.26 bits per heavy atom. The average Bonchev–Trinajstić information content (AvgIpc) is 3.10. The molecule has 1 aromatic carbocycles. The van der Waals surface area contributed by atoms with Crippen LogP contribution >= 0.6 is 10.7 Å². The van der Waals surface area contributed by atoms with Crippen molar-refractivity contribution in [1.82, 2.24) is 0 Å². The van der Waals surface area contributed by atoms with E-state index >= 15 is 0 Å². The van der Waals surface area contributed by atoms with Crippen molar-refractivity contribution < 1.29 is 21.6 Å². The Hall–Kier alpha value is -0.990. The molecule has 0 atom stereocenters. The SMILES string of the molecule is COc1cc(NS(=O)(=O)C2CC2)ccc1S(=O)(=O)Cl. The Morgan fingerprint density at radius 3 is 2.37 bits per heavy atom. The summed E-state index contributed by atoms with van der Waals surface area (Å²) in [7, 11) is -0.822. The Balaban J connectivity index is 2.34. The predicted molar refractivity (Wildman–Crippen MR) is 71.6 cm³/mol. The zero-order valence-corrected chi connectivity index (χ0v) is 12.3. The minimum absolute atomic E-state index is 0.00834. The van der Waals surface area contributed by atoms with Gasteiger partial charge in [-0.05, 0) is 25.0 Å². The summed E-state index contributed by atoms with van der Waals surface area (Å²) in [5.41, 5.74) is 0.243. The third-order valence-electron chi connectivity index (χ3n) is 2.65. The molecule has 1 N–H and O–H groups in total. The number of methoxy groups -OCH3 is 1. The first kappa shape index (κ1) is 14.4. The number of hydrogen-bond donors (Lipinski definition) is 1. The van der Waals surface area contributed by atoms with E-state index in [9.17, 15) is 16.8 Å². The molecule has 6 nitrogen and oxygen atoms in total. The highest BCUT2D eigenvalue weighted by Crippen LogP contribution is 2.33. The van der Waals surface area contributed by atoms with Gasteiger partial charge < -0.3 is 4.74 Å². The molecule has 1 aromatic rings. The van der Waals surface area contributed by atoms with Gasteiger partial charge in [0.1, 0.15) is 10.6 Å². The van der Waals surface area contributed by atoms with Crippen molar-refractivity contribution in [3.8, 4) is 5.75 Å². The Bertz CT molecular complexity index is 695. The maximum atomic E-state index is 11.7. The van der Waals surface area contributed by atoms with E-state index in [2.05, 4.69) is 4.72 Å². The predicted octanol–water partition coefficient (Wildman–Crippen LogP) is 1.53. The van der Waals surface area contributed by atoms with Gasteiger partial charge in [-0.25, -0.2) is 16.8 Å². The summed E-state index contributed by atoms with van der Waals surface area (Å²) < 4.78 is 53.3. The van der Waals surface area contributed by atoms with E-state index in [0.717, 1.165) is 0 Å². The average molecular weight is 326 g/mol. The number of halogens is 1. The lowest BCUT2D eigenvalue weighted by Gasteiger charge is -2.10. The normalized spacial score (nSPS) is 16.1. The number of nitrogens with one attached hydrogen (secondary N) is 1. The van der Waals surface area contributed by atoms with Crippen molar-refractivity contribution >= 4 is 35.4 Å². The van der Waals surface area contributed by atoms with Crippen molar-refractivity contribution in [1.29, 1.82) is 0 Å². The molecule has 9 heteroatoms. The summed E-state index contributed by atoms with van der Waals surface area (Å²) in [6.45, 7) is 0. The monoisotopic (exact) mass is 325 g/mol. The fraction of sp³-hybridized carbons (Fsp3) is 0.400. The first-order valence-electron chi connectivity index (χ1n) is 5.38. The highest BCUT2D eigenvalue weighted by molar-refractivity contribution is 8.13. The van der Waals surface area contributed by atoms with Crippen molar-refractivity contribution in [3.63, 3.8) is 0 Å². The van der Waals surface area contributed by atoms with Crippen LogP contribution < -0.4 is 9.46 Å². The van der Waals surface area contributed by atoms with Crippen molar-refractivity contribution in [3.05, 3.63) is 18.2 Å². The highest BCUT2D eigenvalue weighted by Gasteiger charge is 2.35. The molecule has 1 aliphatic rings. The van der Waals surface area contributed by atoms with Crippen LogP contribution in [0.3, 0.4) is 0 Å². The highest BCUT2D eigenvalue weighted by atomic mass is 35.7. The van der Waals surface area contributed by atoms with Crippen LogP contribution in [0, 0.1) is 0 Å². The number of rotatable bonds is 5. The van der Waals surface area contributed by atoms with E-state index in [4.69, 9.17) is 15.4 Å². The zero-order valence-electron chi connectivity index (χ0n) is 9.96. The summed E-state index contributed by atoms with van der Waals surface area (Å²) in [5, 5.41) is -0.366. The van der Waals surface area contributed by atoms with Crippen LogP contribution in [0.4, 0.5) is 5.69 Å². The largest absolute Gasteiger partial charge is 0.495 e. The van der Waals surface area contributed by atoms with Gasteiger partial charge in [0.25, 0.3) is 9.05 Å². The van der Waals surface area contributed by atoms with E-state index in [1.807, 2.05) is 0 Å². The summed E-state index contributed by atoms with van der Waals surface area (Å²) in [4.78, 5) is -0.203. The third kappa shape index (κ3) is 3.31. The molecule has 0 aromatic heterocycles. The fourth-order valence-electron chi connectivity index (χ4n) is 1.56. The van der Waals surface area contributed by atoms with E-state index < -0.39 is 19.1 Å². The van der Waals surface area contributed by atoms with Crippen LogP contribution in [0.2, 0.25) is 0 Å². The topological polar surface area (TPSA) is 89.5 Å². The first-order chi connectivity index (χ1) is 8.74. The molecule has 1 saturated carbocycles. The molecule has 1 aliphatic carbocycles. The number of hydrogen-bond acceptors (Lipinski definition) is 5. The van der Waals surface area contributed by atoms with E-state index in [1.165, 1.54) is 25.3 Å². The third-order valence-corrected chi connectivity index (χ3v) is 5.88. The molecule has 1 fully saturated rings. The second kappa shape index (κ2) is 4.84. The standard InChI is InChI=1S/C10H12ClNO5S2/c1-17-9-6-7(2-5-10(9)18(11,13)14)12-19(15,16)8-3-4-8/h2,5-6,8,12H,3-4H2,1H3. The van der Waals surface area contributed by atoms with Crippen LogP contribution in [0.15, 0.2) is 23.1 Å². The van der Waals surface area contributed by atoms with Gasteiger partial charge in [-0.1, -0.05) is 0 Å². The van der Waals surface area contributed by atoms with Crippen LogP contribution in [-0.4, -0.2) is 29.2 Å². The maximum absolute atomic E-state index is 11.7. The van der Waals surface area contributed by atoms with Gasteiger partial charge in [-0.2, -0.15) is 0 Å². The van der Waals surface area contributed by atoms with E-state index in [1.54, 1.807) is 0 Å². The molecule has 19 heavy (non-hydrogen) atoms. The molecule has 0 heterocycles. The summed E-state index contributed by atoms with van der Waals surface area (Å²) in [6.07, 6.45) is 1.28. The minimum atomic E-state index is -3.94. The molecular formula is C10H12ClNO5S2. The van der Waals surface area contributed by atoms with Crippen molar-refractivity contribution in [2.24, 2.45) is 0 Å². The molecule has 0 aliphatic heterocycles. The summed E-state index contributed by atoms with van der Waals surface area (Å²) in [6, 6.07) is 3.82. The summed E-state index contributed by atoms with van der Waals surface area (Å²) in [5.74, 6) is -0.00834. The number of benzene rings is 1. The van der Waals surface area contributed by atoms with Gasteiger partial charge in [0.05, 0.1) is 18.0 Å². The molecule has 0 amide bonds. The zero-order chi connectivity index (χ0) is 14.3. The van der Waals surface area contributed by atoms with Crippen molar-refractivity contribution in [2.45, 2.75) is 23.0 Å². The van der Waals surface area contributed by atoms with Gasteiger partial charge in [-0.3, -0.25) is 4.72 Å². The molecule has 0 bridgehead atoms. The van der Waals surface area contributed by atoms with Gasteiger partial charge >= 0.3 is 0 Å². The van der Waals surface area contributed by atoms with Gasteiger partial charge in [-0.15, -0.1) is 0 Å². The molecule has 0 unspecified atom stereocenters. The van der Waals surface area contributed by atoms with Crippen LogP contribution in [0.25, 0.3) is 0 Å². The summed E-state index contributed by atoms with van der Waals surface area (Å²) >= 11 is 0.